The Morgan fingerprint density at radius 2 is 2.06 bits per heavy atom. The van der Waals surface area contributed by atoms with Crippen LogP contribution in [0.1, 0.15) is 12.0 Å². The van der Waals surface area contributed by atoms with Crippen molar-refractivity contribution in [2.45, 2.75) is 18.9 Å². The third-order valence-corrected chi connectivity index (χ3v) is 3.68. The maximum absolute atomic E-state index is 10.8. The van der Waals surface area contributed by atoms with Gasteiger partial charge in [-0.2, -0.15) is 0 Å². The summed E-state index contributed by atoms with van der Waals surface area (Å²) in [5, 5.41) is 11.9. The average molecular weight is 368 g/mol. The minimum absolute atomic E-state index is 0. The molecule has 2 atom stereocenters. The highest BCUT2D eigenvalue weighted by Crippen LogP contribution is 2.19. The fourth-order valence-corrected chi connectivity index (χ4v) is 2.47. The van der Waals surface area contributed by atoms with Crippen LogP contribution in [0.4, 0.5) is 0 Å². The van der Waals surface area contributed by atoms with Gasteiger partial charge in [-0.15, -0.1) is 12.4 Å². The summed E-state index contributed by atoms with van der Waals surface area (Å²) in [5.74, 6) is -0.286. The molecule has 0 aromatic heterocycles. The molecule has 17 heavy (non-hydrogen) atoms. The van der Waals surface area contributed by atoms with Crippen molar-refractivity contribution in [3.05, 3.63) is 33.4 Å². The van der Waals surface area contributed by atoms with E-state index >= 15 is 0 Å². The molecule has 0 amide bonds. The molecule has 5 heteroatoms. The van der Waals surface area contributed by atoms with Crippen LogP contribution in [0.15, 0.2) is 24.3 Å². The van der Waals surface area contributed by atoms with E-state index in [2.05, 4.69) is 52.2 Å². The lowest BCUT2D eigenvalue weighted by Gasteiger charge is -2.08. The first-order valence-corrected chi connectivity index (χ1v) is 6.43. The number of hydrogen-bond acceptors (Lipinski definition) is 2. The molecule has 0 saturated carbocycles. The van der Waals surface area contributed by atoms with E-state index in [0.29, 0.717) is 5.92 Å². The number of hydrogen-bond donors (Lipinski definition) is 2. The van der Waals surface area contributed by atoms with Crippen LogP contribution in [0.2, 0.25) is 0 Å². The summed E-state index contributed by atoms with van der Waals surface area (Å²) in [5.41, 5.74) is 1.29. The van der Waals surface area contributed by atoms with Crippen LogP contribution in [0, 0.1) is 9.49 Å². The van der Waals surface area contributed by atoms with Crippen LogP contribution < -0.4 is 5.32 Å². The van der Waals surface area contributed by atoms with E-state index in [9.17, 15) is 4.79 Å². The monoisotopic (exact) mass is 367 g/mol. The fourth-order valence-electron chi connectivity index (χ4n) is 2.11. The molecule has 1 saturated heterocycles. The van der Waals surface area contributed by atoms with Gasteiger partial charge in [0, 0.05) is 3.57 Å². The quantitative estimate of drug-likeness (QED) is 0.806. The molecule has 1 aliphatic rings. The first kappa shape index (κ1) is 14.7. The maximum atomic E-state index is 10.8. The third kappa shape index (κ3) is 4.12. The largest absolute Gasteiger partial charge is 0.480 e. The van der Waals surface area contributed by atoms with Crippen molar-refractivity contribution in [3.63, 3.8) is 0 Å². The van der Waals surface area contributed by atoms with Gasteiger partial charge in [-0.1, -0.05) is 12.1 Å². The van der Waals surface area contributed by atoms with E-state index in [1.807, 2.05) is 0 Å². The summed E-state index contributed by atoms with van der Waals surface area (Å²) in [7, 11) is 0. The van der Waals surface area contributed by atoms with Crippen molar-refractivity contribution in [3.8, 4) is 0 Å². The molecule has 2 rings (SSSR count). The molecule has 0 aliphatic carbocycles. The van der Waals surface area contributed by atoms with Crippen molar-refractivity contribution < 1.29 is 9.90 Å². The van der Waals surface area contributed by atoms with Gasteiger partial charge in [0.05, 0.1) is 0 Å². The number of halogens is 2. The van der Waals surface area contributed by atoms with Crippen LogP contribution >= 0.6 is 35.0 Å². The van der Waals surface area contributed by atoms with Gasteiger partial charge in [-0.25, -0.2) is 0 Å². The predicted octanol–water partition coefficient (Wildman–Crippen LogP) is 2.32. The Labute approximate surface area is 121 Å². The molecule has 0 radical (unpaired) electrons. The Hall–Kier alpha value is -0.330. The summed E-state index contributed by atoms with van der Waals surface area (Å²) in [6.45, 7) is 0.808. The zero-order valence-electron chi connectivity index (χ0n) is 9.23. The predicted molar refractivity (Wildman–Crippen MR) is 77.6 cm³/mol. The highest BCUT2D eigenvalue weighted by atomic mass is 127. The Bertz CT molecular complexity index is 383. The number of aliphatic carboxylic acids is 1. The maximum Gasteiger partial charge on any atom is 0.320 e. The highest BCUT2D eigenvalue weighted by Gasteiger charge is 2.28. The smallest absolute Gasteiger partial charge is 0.320 e. The Morgan fingerprint density at radius 3 is 2.59 bits per heavy atom. The number of nitrogens with one attached hydrogen (secondary N) is 1. The van der Waals surface area contributed by atoms with Crippen molar-refractivity contribution in [1.29, 1.82) is 0 Å². The molecule has 94 valence electrons. The summed E-state index contributed by atoms with van der Waals surface area (Å²) >= 11 is 2.28. The molecule has 3 nitrogen and oxygen atoms in total. The number of rotatable bonds is 3. The number of carbonyl (C=O) groups is 1. The van der Waals surface area contributed by atoms with Crippen molar-refractivity contribution in [2.75, 3.05) is 6.54 Å². The normalized spacial score (nSPS) is 23.1. The minimum Gasteiger partial charge on any atom is -0.480 e. The van der Waals surface area contributed by atoms with Crippen molar-refractivity contribution in [1.82, 2.24) is 5.32 Å². The second-order valence-electron chi connectivity index (χ2n) is 4.23. The molecule has 2 unspecified atom stereocenters. The van der Waals surface area contributed by atoms with E-state index in [0.717, 1.165) is 19.4 Å². The summed E-state index contributed by atoms with van der Waals surface area (Å²) in [6, 6.07) is 8.07. The minimum atomic E-state index is -0.731. The number of carboxylic acid groups (broad SMARTS) is 1. The van der Waals surface area contributed by atoms with E-state index in [-0.39, 0.29) is 18.4 Å². The second-order valence-corrected chi connectivity index (χ2v) is 5.48. The lowest BCUT2D eigenvalue weighted by atomic mass is 9.97. The molecular weight excluding hydrogens is 352 g/mol. The van der Waals surface area contributed by atoms with Gasteiger partial charge in [0.2, 0.25) is 0 Å². The fraction of sp³-hybridized carbons (Fsp3) is 0.417. The number of carboxylic acids is 1. The standard InChI is InChI=1S/C12H14INO2.ClH/c13-10-3-1-8(2-4-10)5-9-6-11(12(15)16)14-7-9;/h1-4,9,11,14H,5-7H2,(H,15,16);1H. The molecule has 1 heterocycles. The van der Waals surface area contributed by atoms with Crippen molar-refractivity contribution in [2.24, 2.45) is 5.92 Å². The molecule has 1 aliphatic heterocycles. The van der Waals surface area contributed by atoms with Crippen LogP contribution in [0.25, 0.3) is 0 Å². The molecule has 1 aromatic carbocycles. The topological polar surface area (TPSA) is 49.3 Å². The van der Waals surface area contributed by atoms with Gasteiger partial charge in [-0.3, -0.25) is 4.79 Å². The van der Waals surface area contributed by atoms with Crippen molar-refractivity contribution >= 4 is 41.0 Å². The second kappa shape index (κ2) is 6.56. The van der Waals surface area contributed by atoms with Crippen LogP contribution in [0.3, 0.4) is 0 Å². The lowest BCUT2D eigenvalue weighted by molar-refractivity contribution is -0.139. The Kier molecular flexibility index (Phi) is 5.69. The van der Waals surface area contributed by atoms with E-state index in [1.165, 1.54) is 9.13 Å². The first-order chi connectivity index (χ1) is 7.65. The Balaban J connectivity index is 0.00000144. The molecule has 0 bridgehead atoms. The average Bonchev–Trinajstić information content (AvgIpc) is 2.70. The van der Waals surface area contributed by atoms with Gasteiger partial charge in [-0.05, 0) is 65.6 Å². The lowest BCUT2D eigenvalue weighted by Crippen LogP contribution is -2.29. The first-order valence-electron chi connectivity index (χ1n) is 5.36. The van der Waals surface area contributed by atoms with Crippen LogP contribution in [-0.4, -0.2) is 23.7 Å². The molecule has 2 N–H and O–H groups in total. The molecular formula is C12H15ClINO2. The molecule has 1 fully saturated rings. The zero-order valence-corrected chi connectivity index (χ0v) is 12.2. The molecule has 0 spiro atoms. The summed E-state index contributed by atoms with van der Waals surface area (Å²) in [4.78, 5) is 10.8. The zero-order chi connectivity index (χ0) is 11.5. The van der Waals surface area contributed by atoms with E-state index in [1.54, 1.807) is 0 Å². The van der Waals surface area contributed by atoms with Gasteiger partial charge in [0.15, 0.2) is 0 Å². The summed E-state index contributed by atoms with van der Waals surface area (Å²) in [6.07, 6.45) is 1.70. The third-order valence-electron chi connectivity index (χ3n) is 2.96. The van der Waals surface area contributed by atoms with Crippen LogP contribution in [0.5, 0.6) is 0 Å². The SMILES string of the molecule is Cl.O=C(O)C1CC(Cc2ccc(I)cc2)CN1. The summed E-state index contributed by atoms with van der Waals surface area (Å²) < 4.78 is 1.23. The van der Waals surface area contributed by atoms with E-state index in [4.69, 9.17) is 5.11 Å². The Morgan fingerprint density at radius 1 is 1.41 bits per heavy atom. The van der Waals surface area contributed by atoms with Crippen LogP contribution in [-0.2, 0) is 11.2 Å². The molecule has 1 aromatic rings. The van der Waals surface area contributed by atoms with Gasteiger partial charge >= 0.3 is 5.97 Å². The van der Waals surface area contributed by atoms with Gasteiger partial charge < -0.3 is 10.4 Å². The van der Waals surface area contributed by atoms with Gasteiger partial charge in [0.25, 0.3) is 0 Å². The van der Waals surface area contributed by atoms with Gasteiger partial charge in [0.1, 0.15) is 6.04 Å². The van der Waals surface area contributed by atoms with E-state index < -0.39 is 5.97 Å². The number of benzene rings is 1. The highest BCUT2D eigenvalue weighted by molar-refractivity contribution is 14.1.